The van der Waals surface area contributed by atoms with Gasteiger partial charge in [-0.1, -0.05) is 15.9 Å². The number of hydrogen-bond acceptors (Lipinski definition) is 2. The van der Waals surface area contributed by atoms with E-state index in [1.807, 2.05) is 18.2 Å². The van der Waals surface area contributed by atoms with Gasteiger partial charge in [-0.15, -0.1) is 0 Å². The van der Waals surface area contributed by atoms with E-state index < -0.39 is 0 Å². The number of halogens is 1. The molecule has 1 aliphatic rings. The minimum Gasteiger partial charge on any atom is -0.368 e. The first-order valence-electron chi connectivity index (χ1n) is 6.08. The summed E-state index contributed by atoms with van der Waals surface area (Å²) in [6.07, 6.45) is 2.67. The third-order valence-electron chi connectivity index (χ3n) is 3.16. The van der Waals surface area contributed by atoms with Gasteiger partial charge in [0.15, 0.2) is 0 Å². The van der Waals surface area contributed by atoms with Gasteiger partial charge in [0, 0.05) is 17.1 Å². The highest BCUT2D eigenvalue weighted by Crippen LogP contribution is 2.34. The van der Waals surface area contributed by atoms with E-state index in [0.29, 0.717) is 6.04 Å². The standard InChI is InChI=1S/C14H17BrN2/c1-10(2)17(9-11-3-4-11)14-6-5-13(15)7-12(14)8-16/h5-7,10-11H,3-4,9H2,1-2H3. The fraction of sp³-hybridized carbons (Fsp3) is 0.500. The SMILES string of the molecule is CC(C)N(CC1CC1)c1ccc(Br)cc1C#N. The van der Waals surface area contributed by atoms with E-state index in [9.17, 15) is 5.26 Å². The first-order valence-corrected chi connectivity index (χ1v) is 6.87. The molecule has 0 saturated heterocycles. The van der Waals surface area contributed by atoms with Crippen molar-refractivity contribution in [2.24, 2.45) is 5.92 Å². The molecule has 90 valence electrons. The Morgan fingerprint density at radius 1 is 1.47 bits per heavy atom. The minimum atomic E-state index is 0.434. The molecule has 3 heteroatoms. The van der Waals surface area contributed by atoms with Gasteiger partial charge >= 0.3 is 0 Å². The lowest BCUT2D eigenvalue weighted by Crippen LogP contribution is -2.33. The first kappa shape index (κ1) is 12.4. The number of nitrogens with zero attached hydrogens (tertiary/aromatic N) is 2. The van der Waals surface area contributed by atoms with Gasteiger partial charge in [-0.25, -0.2) is 0 Å². The van der Waals surface area contributed by atoms with Crippen LogP contribution in [0.3, 0.4) is 0 Å². The molecule has 0 radical (unpaired) electrons. The Labute approximate surface area is 111 Å². The molecule has 1 aromatic carbocycles. The molecule has 0 atom stereocenters. The number of hydrogen-bond donors (Lipinski definition) is 0. The monoisotopic (exact) mass is 292 g/mol. The van der Waals surface area contributed by atoms with Crippen molar-refractivity contribution in [2.75, 3.05) is 11.4 Å². The van der Waals surface area contributed by atoms with Crippen LogP contribution in [0.1, 0.15) is 32.3 Å². The van der Waals surface area contributed by atoms with E-state index in [4.69, 9.17) is 0 Å². The molecule has 2 nitrogen and oxygen atoms in total. The molecule has 0 spiro atoms. The fourth-order valence-electron chi connectivity index (χ4n) is 2.01. The third-order valence-corrected chi connectivity index (χ3v) is 3.66. The molecule has 1 aliphatic carbocycles. The minimum absolute atomic E-state index is 0.434. The summed E-state index contributed by atoms with van der Waals surface area (Å²) in [5.41, 5.74) is 1.83. The smallest absolute Gasteiger partial charge is 0.101 e. The molecule has 17 heavy (non-hydrogen) atoms. The van der Waals surface area contributed by atoms with E-state index in [1.165, 1.54) is 12.8 Å². The average Bonchev–Trinajstić information content (AvgIpc) is 3.09. The molecular weight excluding hydrogens is 276 g/mol. The van der Waals surface area contributed by atoms with E-state index in [1.54, 1.807) is 0 Å². The van der Waals surface area contributed by atoms with Crippen molar-refractivity contribution in [1.82, 2.24) is 0 Å². The van der Waals surface area contributed by atoms with Crippen molar-refractivity contribution in [1.29, 1.82) is 5.26 Å². The van der Waals surface area contributed by atoms with Crippen LogP contribution < -0.4 is 4.90 Å². The zero-order valence-corrected chi connectivity index (χ0v) is 11.9. The lowest BCUT2D eigenvalue weighted by atomic mass is 10.1. The van der Waals surface area contributed by atoms with Crippen molar-refractivity contribution in [2.45, 2.75) is 32.7 Å². The second-order valence-electron chi connectivity index (χ2n) is 4.96. The summed E-state index contributed by atoms with van der Waals surface area (Å²) in [5, 5.41) is 9.23. The summed E-state index contributed by atoms with van der Waals surface area (Å²) in [6, 6.07) is 8.69. The Hall–Kier alpha value is -1.01. The molecule has 0 unspecified atom stereocenters. The number of benzene rings is 1. The summed E-state index contributed by atoms with van der Waals surface area (Å²) >= 11 is 3.42. The summed E-state index contributed by atoms with van der Waals surface area (Å²) in [4.78, 5) is 2.35. The predicted molar refractivity (Wildman–Crippen MR) is 74.1 cm³/mol. The van der Waals surface area contributed by atoms with Crippen LogP contribution in [0, 0.1) is 17.2 Å². The largest absolute Gasteiger partial charge is 0.368 e. The summed E-state index contributed by atoms with van der Waals surface area (Å²) in [5.74, 6) is 0.826. The van der Waals surface area contributed by atoms with Crippen LogP contribution >= 0.6 is 15.9 Å². The Morgan fingerprint density at radius 2 is 2.18 bits per heavy atom. The van der Waals surface area contributed by atoms with E-state index in [0.717, 1.165) is 28.2 Å². The molecule has 0 N–H and O–H groups in total. The molecule has 1 aromatic rings. The quantitative estimate of drug-likeness (QED) is 0.840. The van der Waals surface area contributed by atoms with E-state index in [2.05, 4.69) is 40.7 Å². The van der Waals surface area contributed by atoms with Crippen LogP contribution in [0.15, 0.2) is 22.7 Å². The molecule has 0 bridgehead atoms. The molecule has 0 amide bonds. The van der Waals surface area contributed by atoms with Crippen LogP contribution in [0.25, 0.3) is 0 Å². The summed E-state index contributed by atoms with van der Waals surface area (Å²) in [6.45, 7) is 5.45. The van der Waals surface area contributed by atoms with Gasteiger partial charge < -0.3 is 4.90 Å². The van der Waals surface area contributed by atoms with Gasteiger partial charge in [-0.05, 0) is 50.8 Å². The highest BCUT2D eigenvalue weighted by atomic mass is 79.9. The number of nitriles is 1. The van der Waals surface area contributed by atoms with Gasteiger partial charge in [0.2, 0.25) is 0 Å². The lowest BCUT2D eigenvalue weighted by molar-refractivity contribution is 0.644. The molecule has 0 aromatic heterocycles. The number of anilines is 1. The second-order valence-corrected chi connectivity index (χ2v) is 5.88. The fourth-order valence-corrected chi connectivity index (χ4v) is 2.38. The third kappa shape index (κ3) is 3.01. The topological polar surface area (TPSA) is 27.0 Å². The van der Waals surface area contributed by atoms with Crippen molar-refractivity contribution in [3.8, 4) is 6.07 Å². The van der Waals surface area contributed by atoms with Crippen molar-refractivity contribution in [3.05, 3.63) is 28.2 Å². The van der Waals surface area contributed by atoms with Crippen LogP contribution in [0.4, 0.5) is 5.69 Å². The van der Waals surface area contributed by atoms with Gasteiger partial charge in [0.1, 0.15) is 6.07 Å². The predicted octanol–water partition coefficient (Wildman–Crippen LogP) is 3.95. The van der Waals surface area contributed by atoms with Gasteiger partial charge in [0.05, 0.1) is 11.3 Å². The molecular formula is C14H17BrN2. The molecule has 1 saturated carbocycles. The Balaban J connectivity index is 2.31. The maximum Gasteiger partial charge on any atom is 0.101 e. The maximum atomic E-state index is 9.23. The van der Waals surface area contributed by atoms with Gasteiger partial charge in [-0.2, -0.15) is 5.26 Å². The van der Waals surface area contributed by atoms with Crippen molar-refractivity contribution in [3.63, 3.8) is 0 Å². The van der Waals surface area contributed by atoms with Crippen molar-refractivity contribution < 1.29 is 0 Å². The maximum absolute atomic E-state index is 9.23. The van der Waals surface area contributed by atoms with E-state index in [-0.39, 0.29) is 0 Å². The highest BCUT2D eigenvalue weighted by Gasteiger charge is 2.26. The molecule has 2 rings (SSSR count). The Kier molecular flexibility index (Phi) is 3.73. The van der Waals surface area contributed by atoms with Crippen LogP contribution in [-0.4, -0.2) is 12.6 Å². The first-order chi connectivity index (χ1) is 8.11. The second kappa shape index (κ2) is 5.10. The average molecular weight is 293 g/mol. The Bertz CT molecular complexity index is 444. The van der Waals surface area contributed by atoms with Gasteiger partial charge in [0.25, 0.3) is 0 Å². The van der Waals surface area contributed by atoms with Gasteiger partial charge in [-0.3, -0.25) is 0 Å². The zero-order valence-electron chi connectivity index (χ0n) is 10.3. The molecule has 0 aliphatic heterocycles. The summed E-state index contributed by atoms with van der Waals surface area (Å²) in [7, 11) is 0. The normalized spacial score (nSPS) is 14.8. The van der Waals surface area contributed by atoms with Crippen molar-refractivity contribution >= 4 is 21.6 Å². The van der Waals surface area contributed by atoms with Crippen LogP contribution in [0.2, 0.25) is 0 Å². The van der Waals surface area contributed by atoms with Crippen LogP contribution in [-0.2, 0) is 0 Å². The highest BCUT2D eigenvalue weighted by molar-refractivity contribution is 9.10. The summed E-state index contributed by atoms with van der Waals surface area (Å²) < 4.78 is 0.966. The molecule has 1 fully saturated rings. The number of rotatable bonds is 4. The Morgan fingerprint density at radius 3 is 2.71 bits per heavy atom. The lowest BCUT2D eigenvalue weighted by Gasteiger charge is -2.30. The van der Waals surface area contributed by atoms with E-state index >= 15 is 0 Å². The molecule has 0 heterocycles. The van der Waals surface area contributed by atoms with Crippen LogP contribution in [0.5, 0.6) is 0 Å². The zero-order chi connectivity index (χ0) is 12.4.